The van der Waals surface area contributed by atoms with Crippen LogP contribution in [0.25, 0.3) is 45.1 Å². The lowest BCUT2D eigenvalue weighted by atomic mass is 9.98. The molecule has 6 nitrogen and oxygen atoms in total. The quantitative estimate of drug-likeness (QED) is 0.239. The van der Waals surface area contributed by atoms with Gasteiger partial charge in [0.05, 0.1) is 0 Å². The number of carbonyl (C=O) groups is 1. The van der Waals surface area contributed by atoms with E-state index in [1.807, 2.05) is 0 Å². The molecule has 5 rings (SSSR count). The Morgan fingerprint density at radius 3 is 2.45 bits per heavy atom. The first-order chi connectivity index (χ1) is 15.8. The molecule has 5 aromatic rings. The third-order valence-corrected chi connectivity index (χ3v) is 4.95. The Morgan fingerprint density at radius 2 is 1.73 bits per heavy atom. The first kappa shape index (κ1) is 20.6. The van der Waals surface area contributed by atoms with E-state index >= 15 is 0 Å². The molecule has 2 aromatic heterocycles. The number of alkyl halides is 3. The van der Waals surface area contributed by atoms with Gasteiger partial charge in [0.25, 0.3) is 0 Å². The second kappa shape index (κ2) is 7.66. The van der Waals surface area contributed by atoms with Gasteiger partial charge in [0.1, 0.15) is 23.2 Å². The predicted molar refractivity (Wildman–Crippen MR) is 109 cm³/mol. The van der Waals surface area contributed by atoms with Crippen molar-refractivity contribution in [2.75, 3.05) is 0 Å². The van der Waals surface area contributed by atoms with Crippen LogP contribution in [0.5, 0.6) is 0 Å². The Morgan fingerprint density at radius 1 is 0.909 bits per heavy atom. The van der Waals surface area contributed by atoms with E-state index in [1.165, 1.54) is 24.3 Å². The zero-order valence-corrected chi connectivity index (χ0v) is 16.4. The van der Waals surface area contributed by atoms with Crippen LogP contribution < -0.4 is 0 Å². The Labute approximate surface area is 182 Å². The van der Waals surface area contributed by atoms with Gasteiger partial charge in [0, 0.05) is 16.7 Å². The molecule has 0 bridgehead atoms. The van der Waals surface area contributed by atoms with Crippen molar-refractivity contribution in [3.05, 3.63) is 77.9 Å². The number of fused-ring (bicyclic) bond motifs is 1. The summed E-state index contributed by atoms with van der Waals surface area (Å²) in [4.78, 5) is 15.3. The molecule has 0 aliphatic carbocycles. The van der Waals surface area contributed by atoms with Crippen molar-refractivity contribution in [3.8, 4) is 34.0 Å². The van der Waals surface area contributed by atoms with Crippen LogP contribution in [0, 0.1) is 5.82 Å². The lowest BCUT2D eigenvalue weighted by molar-refractivity contribution is -0.136. The van der Waals surface area contributed by atoms with Gasteiger partial charge in [-0.25, -0.2) is 9.37 Å². The molecule has 0 spiro atoms. The number of benzene rings is 3. The average Bonchev–Trinajstić information content (AvgIpc) is 3.48. The Kier molecular flexibility index (Phi) is 4.77. The number of rotatable bonds is 4. The maximum absolute atomic E-state index is 13.9. The van der Waals surface area contributed by atoms with Crippen LogP contribution in [-0.4, -0.2) is 21.5 Å². The molecule has 0 saturated heterocycles. The van der Waals surface area contributed by atoms with Crippen molar-refractivity contribution in [1.82, 2.24) is 15.2 Å². The van der Waals surface area contributed by atoms with Crippen LogP contribution in [0.1, 0.15) is 15.9 Å². The molecule has 3 aromatic carbocycles. The molecule has 0 radical (unpaired) electrons. The standard InChI is InChI=1S/C23H11F4N3O3/c24-15-4-5-16(17(9-15)22-30-28-11-32-22)13-2-1-3-14(8-13)21-29-19-7-12(10-31)6-18(20(19)33-21)23(25,26)27/h1-11H. The minimum absolute atomic E-state index is 0.0677. The molecule has 2 heterocycles. The van der Waals surface area contributed by atoms with Gasteiger partial charge in [0.15, 0.2) is 5.58 Å². The van der Waals surface area contributed by atoms with E-state index in [4.69, 9.17) is 8.83 Å². The number of hydrogen-bond donors (Lipinski definition) is 0. The predicted octanol–water partition coefficient (Wildman–Crippen LogP) is 6.18. The van der Waals surface area contributed by atoms with Crippen LogP contribution in [0.15, 0.2) is 69.8 Å². The average molecular weight is 453 g/mol. The Hall–Kier alpha value is -4.34. The van der Waals surface area contributed by atoms with Crippen LogP contribution in [0.4, 0.5) is 17.6 Å². The molecular formula is C23H11F4N3O3. The highest BCUT2D eigenvalue weighted by molar-refractivity contribution is 5.88. The summed E-state index contributed by atoms with van der Waals surface area (Å²) in [5, 5.41) is 7.44. The highest BCUT2D eigenvalue weighted by Gasteiger charge is 2.35. The summed E-state index contributed by atoms with van der Waals surface area (Å²) in [6, 6.07) is 12.6. The molecular weight excluding hydrogens is 442 g/mol. The Bertz CT molecular complexity index is 1490. The Balaban J connectivity index is 1.65. The fourth-order valence-electron chi connectivity index (χ4n) is 3.51. The third kappa shape index (κ3) is 3.75. The fraction of sp³-hybridized carbons (Fsp3) is 0.0435. The van der Waals surface area contributed by atoms with Crippen LogP contribution >= 0.6 is 0 Å². The minimum Gasteiger partial charge on any atom is -0.435 e. The molecule has 0 amide bonds. The molecule has 0 N–H and O–H groups in total. The van der Waals surface area contributed by atoms with Crippen LogP contribution in [0.2, 0.25) is 0 Å². The summed E-state index contributed by atoms with van der Waals surface area (Å²) < 4.78 is 65.0. The summed E-state index contributed by atoms with van der Waals surface area (Å²) >= 11 is 0. The summed E-state index contributed by atoms with van der Waals surface area (Å²) in [6.07, 6.45) is -3.30. The summed E-state index contributed by atoms with van der Waals surface area (Å²) in [5.41, 5.74) is 0.0449. The van der Waals surface area contributed by atoms with Crippen molar-refractivity contribution in [2.24, 2.45) is 0 Å². The molecule has 33 heavy (non-hydrogen) atoms. The first-order valence-corrected chi connectivity index (χ1v) is 9.47. The number of aldehydes is 1. The third-order valence-electron chi connectivity index (χ3n) is 4.95. The number of nitrogens with zero attached hydrogens (tertiary/aromatic N) is 3. The number of aromatic nitrogens is 3. The molecule has 0 atom stereocenters. The van der Waals surface area contributed by atoms with Crippen LogP contribution in [-0.2, 0) is 6.18 Å². The molecule has 0 aliphatic heterocycles. The topological polar surface area (TPSA) is 82.0 Å². The van der Waals surface area contributed by atoms with E-state index in [0.29, 0.717) is 28.5 Å². The first-order valence-electron chi connectivity index (χ1n) is 9.47. The highest BCUT2D eigenvalue weighted by Crippen LogP contribution is 2.38. The van der Waals surface area contributed by atoms with Gasteiger partial charge in [-0.1, -0.05) is 18.2 Å². The molecule has 0 aliphatic rings. The smallest absolute Gasteiger partial charge is 0.420 e. The largest absolute Gasteiger partial charge is 0.435 e. The highest BCUT2D eigenvalue weighted by atomic mass is 19.4. The number of halogens is 4. The van der Waals surface area contributed by atoms with E-state index in [0.717, 1.165) is 12.5 Å². The van der Waals surface area contributed by atoms with Gasteiger partial charge in [-0.3, -0.25) is 4.79 Å². The van der Waals surface area contributed by atoms with Gasteiger partial charge >= 0.3 is 6.18 Å². The van der Waals surface area contributed by atoms with E-state index in [9.17, 15) is 22.4 Å². The second-order valence-electron chi connectivity index (χ2n) is 7.07. The van der Waals surface area contributed by atoms with Crippen molar-refractivity contribution in [3.63, 3.8) is 0 Å². The molecule has 164 valence electrons. The van der Waals surface area contributed by atoms with Crippen molar-refractivity contribution in [2.45, 2.75) is 6.18 Å². The number of hydrogen-bond acceptors (Lipinski definition) is 6. The molecule has 0 saturated carbocycles. The minimum atomic E-state index is -4.73. The van der Waals surface area contributed by atoms with Crippen molar-refractivity contribution >= 4 is 17.4 Å². The van der Waals surface area contributed by atoms with Gasteiger partial charge in [-0.15, -0.1) is 10.2 Å². The fourth-order valence-corrected chi connectivity index (χ4v) is 3.51. The molecule has 10 heteroatoms. The summed E-state index contributed by atoms with van der Waals surface area (Å²) in [6.45, 7) is 0. The maximum atomic E-state index is 13.9. The lowest BCUT2D eigenvalue weighted by Crippen LogP contribution is -2.06. The SMILES string of the molecule is O=Cc1cc(C(F)(F)F)c2oc(-c3cccc(-c4ccc(F)cc4-c4nnco4)c3)nc2c1. The van der Waals surface area contributed by atoms with Gasteiger partial charge in [0.2, 0.25) is 18.2 Å². The van der Waals surface area contributed by atoms with E-state index < -0.39 is 23.1 Å². The van der Waals surface area contributed by atoms with E-state index in [-0.39, 0.29) is 22.9 Å². The van der Waals surface area contributed by atoms with E-state index in [2.05, 4.69) is 15.2 Å². The van der Waals surface area contributed by atoms with Crippen molar-refractivity contribution < 1.29 is 31.2 Å². The number of oxazole rings is 1. The summed E-state index contributed by atoms with van der Waals surface area (Å²) in [7, 11) is 0. The van der Waals surface area contributed by atoms with Gasteiger partial charge in [-0.2, -0.15) is 13.2 Å². The summed E-state index contributed by atoms with van der Waals surface area (Å²) in [5.74, 6) is -0.470. The zero-order valence-electron chi connectivity index (χ0n) is 16.4. The second-order valence-corrected chi connectivity index (χ2v) is 7.07. The van der Waals surface area contributed by atoms with Crippen LogP contribution in [0.3, 0.4) is 0 Å². The van der Waals surface area contributed by atoms with Gasteiger partial charge < -0.3 is 8.83 Å². The van der Waals surface area contributed by atoms with E-state index in [1.54, 1.807) is 24.3 Å². The normalized spacial score (nSPS) is 11.8. The lowest BCUT2D eigenvalue weighted by Gasteiger charge is -2.08. The maximum Gasteiger partial charge on any atom is 0.420 e. The molecule has 0 unspecified atom stereocenters. The molecule has 0 fully saturated rings. The number of carbonyl (C=O) groups excluding carboxylic acids is 1. The van der Waals surface area contributed by atoms with Crippen molar-refractivity contribution in [1.29, 1.82) is 0 Å². The monoisotopic (exact) mass is 453 g/mol. The van der Waals surface area contributed by atoms with Gasteiger partial charge in [-0.05, 0) is 47.5 Å². The zero-order chi connectivity index (χ0) is 23.2.